The van der Waals surface area contributed by atoms with Crippen LogP contribution in [0.3, 0.4) is 0 Å². The first-order valence-corrected chi connectivity index (χ1v) is 7.42. The van der Waals surface area contributed by atoms with Gasteiger partial charge in [-0.25, -0.2) is 0 Å². The molecular weight excluding hydrogens is 212 g/mol. The molecule has 0 radical (unpaired) electrons. The van der Waals surface area contributed by atoms with Gasteiger partial charge in [-0.15, -0.1) is 0 Å². The first kappa shape index (κ1) is 13.4. The Morgan fingerprint density at radius 2 is 1.35 bits per heavy atom. The fraction of sp³-hybridized carbons (Fsp3) is 1.00. The molecule has 1 atom stereocenters. The Balaban J connectivity index is 1.92. The Hall–Kier alpha value is -0.0800. The fourth-order valence-corrected chi connectivity index (χ4v) is 3.60. The highest BCUT2D eigenvalue weighted by atomic mass is 16.3. The number of aliphatic hydroxyl groups excluding tert-OH is 1. The quantitative estimate of drug-likeness (QED) is 0.778. The molecular formula is C15H28O2. The van der Waals surface area contributed by atoms with Crippen molar-refractivity contribution in [1.29, 1.82) is 0 Å². The molecule has 100 valence electrons. The SMILES string of the molecule is CC1CCC(C(O)C2(O)CCC(C)CC2)CC1. The van der Waals surface area contributed by atoms with Crippen LogP contribution in [0.1, 0.15) is 65.2 Å². The van der Waals surface area contributed by atoms with E-state index in [0.717, 1.165) is 44.4 Å². The van der Waals surface area contributed by atoms with Crippen molar-refractivity contribution >= 4 is 0 Å². The molecule has 2 rings (SSSR count). The highest BCUT2D eigenvalue weighted by molar-refractivity contribution is 4.94. The maximum absolute atomic E-state index is 10.6. The summed E-state index contributed by atoms with van der Waals surface area (Å²) in [6, 6.07) is 0. The highest BCUT2D eigenvalue weighted by Gasteiger charge is 2.42. The highest BCUT2D eigenvalue weighted by Crippen LogP contribution is 2.40. The third-order valence-corrected chi connectivity index (χ3v) is 5.20. The Bertz CT molecular complexity index is 235. The topological polar surface area (TPSA) is 40.5 Å². The standard InChI is InChI=1S/C15H28O2/c1-11-3-5-13(6-4-11)14(16)15(17)9-7-12(2)8-10-15/h11-14,16-17H,3-10H2,1-2H3. The maximum atomic E-state index is 10.6. The van der Waals surface area contributed by atoms with Gasteiger partial charge in [0.05, 0.1) is 11.7 Å². The van der Waals surface area contributed by atoms with Gasteiger partial charge in [0.2, 0.25) is 0 Å². The summed E-state index contributed by atoms with van der Waals surface area (Å²) in [4.78, 5) is 0. The Kier molecular flexibility index (Phi) is 4.14. The fourth-order valence-electron chi connectivity index (χ4n) is 3.60. The third-order valence-electron chi connectivity index (χ3n) is 5.20. The Morgan fingerprint density at radius 1 is 0.882 bits per heavy atom. The summed E-state index contributed by atoms with van der Waals surface area (Å²) in [6.45, 7) is 4.54. The van der Waals surface area contributed by atoms with E-state index in [-0.39, 0.29) is 0 Å². The first-order valence-electron chi connectivity index (χ1n) is 7.42. The Morgan fingerprint density at radius 3 is 1.88 bits per heavy atom. The largest absolute Gasteiger partial charge is 0.390 e. The van der Waals surface area contributed by atoms with Crippen molar-refractivity contribution in [2.24, 2.45) is 17.8 Å². The number of aliphatic hydroxyl groups is 2. The molecule has 2 aliphatic carbocycles. The zero-order chi connectivity index (χ0) is 12.5. The van der Waals surface area contributed by atoms with Gasteiger partial charge in [-0.1, -0.05) is 26.7 Å². The molecule has 2 aliphatic rings. The lowest BCUT2D eigenvalue weighted by Crippen LogP contribution is -2.49. The normalized spacial score (nSPS) is 45.5. The molecule has 0 aromatic carbocycles. The van der Waals surface area contributed by atoms with E-state index in [2.05, 4.69) is 13.8 Å². The molecule has 1 unspecified atom stereocenters. The summed E-state index contributed by atoms with van der Waals surface area (Å²) < 4.78 is 0. The molecule has 2 fully saturated rings. The summed E-state index contributed by atoms with van der Waals surface area (Å²) >= 11 is 0. The second kappa shape index (κ2) is 5.27. The summed E-state index contributed by atoms with van der Waals surface area (Å²) in [5.41, 5.74) is -0.780. The second-order valence-electron chi connectivity index (χ2n) is 6.75. The predicted octanol–water partition coefficient (Wildman–Crippen LogP) is 3.11. The van der Waals surface area contributed by atoms with Crippen LogP contribution in [0.25, 0.3) is 0 Å². The van der Waals surface area contributed by atoms with E-state index in [0.29, 0.717) is 11.8 Å². The van der Waals surface area contributed by atoms with Gasteiger partial charge < -0.3 is 10.2 Å². The van der Waals surface area contributed by atoms with Crippen molar-refractivity contribution in [2.45, 2.75) is 76.9 Å². The first-order chi connectivity index (χ1) is 8.01. The number of hydrogen-bond donors (Lipinski definition) is 2. The van der Waals surface area contributed by atoms with Crippen LogP contribution in [0.4, 0.5) is 0 Å². The minimum absolute atomic E-state index is 0.338. The van der Waals surface area contributed by atoms with E-state index in [4.69, 9.17) is 0 Å². The Labute approximate surface area is 105 Å². The molecule has 0 aliphatic heterocycles. The summed E-state index contributed by atoms with van der Waals surface area (Å²) in [5.74, 6) is 1.86. The van der Waals surface area contributed by atoms with Gasteiger partial charge in [-0.2, -0.15) is 0 Å². The summed E-state index contributed by atoms with van der Waals surface area (Å²) in [7, 11) is 0. The zero-order valence-electron chi connectivity index (χ0n) is 11.4. The number of hydrogen-bond acceptors (Lipinski definition) is 2. The van der Waals surface area contributed by atoms with E-state index in [1.54, 1.807) is 0 Å². The minimum Gasteiger partial charge on any atom is -0.390 e. The van der Waals surface area contributed by atoms with E-state index in [1.165, 1.54) is 12.8 Å². The molecule has 2 heteroatoms. The van der Waals surface area contributed by atoms with Gasteiger partial charge in [0.15, 0.2) is 0 Å². The average Bonchev–Trinajstić information content (AvgIpc) is 2.33. The lowest BCUT2D eigenvalue weighted by molar-refractivity contribution is -0.131. The van der Waals surface area contributed by atoms with E-state index in [9.17, 15) is 10.2 Å². The van der Waals surface area contributed by atoms with Crippen LogP contribution >= 0.6 is 0 Å². The van der Waals surface area contributed by atoms with Gasteiger partial charge >= 0.3 is 0 Å². The van der Waals surface area contributed by atoms with E-state index < -0.39 is 11.7 Å². The monoisotopic (exact) mass is 240 g/mol. The van der Waals surface area contributed by atoms with Gasteiger partial charge in [0, 0.05) is 0 Å². The molecule has 0 heterocycles. The van der Waals surface area contributed by atoms with Crippen LogP contribution in [0.5, 0.6) is 0 Å². The molecule has 0 bridgehead atoms. The second-order valence-corrected chi connectivity index (χ2v) is 6.75. The average molecular weight is 240 g/mol. The molecule has 0 spiro atoms. The minimum atomic E-state index is -0.780. The van der Waals surface area contributed by atoms with E-state index >= 15 is 0 Å². The lowest BCUT2D eigenvalue weighted by Gasteiger charge is -2.43. The summed E-state index contributed by atoms with van der Waals surface area (Å²) in [5, 5.41) is 21.1. The maximum Gasteiger partial charge on any atom is 0.0908 e. The van der Waals surface area contributed by atoms with Crippen molar-refractivity contribution in [3.05, 3.63) is 0 Å². The molecule has 0 aromatic rings. The molecule has 0 saturated heterocycles. The van der Waals surface area contributed by atoms with Crippen molar-refractivity contribution in [3.8, 4) is 0 Å². The van der Waals surface area contributed by atoms with Crippen LogP contribution in [-0.2, 0) is 0 Å². The van der Waals surface area contributed by atoms with Gasteiger partial charge in [-0.05, 0) is 56.3 Å². The zero-order valence-corrected chi connectivity index (χ0v) is 11.4. The van der Waals surface area contributed by atoms with Crippen LogP contribution in [0.15, 0.2) is 0 Å². The molecule has 0 amide bonds. The van der Waals surface area contributed by atoms with Crippen molar-refractivity contribution < 1.29 is 10.2 Å². The lowest BCUT2D eigenvalue weighted by atomic mass is 9.69. The molecule has 2 nitrogen and oxygen atoms in total. The number of rotatable bonds is 2. The van der Waals surface area contributed by atoms with Gasteiger partial charge in [0.1, 0.15) is 0 Å². The molecule has 0 aromatic heterocycles. The predicted molar refractivity (Wildman–Crippen MR) is 69.7 cm³/mol. The molecule has 2 saturated carbocycles. The smallest absolute Gasteiger partial charge is 0.0908 e. The van der Waals surface area contributed by atoms with Crippen LogP contribution < -0.4 is 0 Å². The molecule has 17 heavy (non-hydrogen) atoms. The molecule has 2 N–H and O–H groups in total. The van der Waals surface area contributed by atoms with Crippen LogP contribution in [0.2, 0.25) is 0 Å². The van der Waals surface area contributed by atoms with Crippen molar-refractivity contribution in [1.82, 2.24) is 0 Å². The van der Waals surface area contributed by atoms with Crippen molar-refractivity contribution in [3.63, 3.8) is 0 Å². The van der Waals surface area contributed by atoms with Crippen LogP contribution in [0, 0.1) is 17.8 Å². The van der Waals surface area contributed by atoms with E-state index in [1.807, 2.05) is 0 Å². The van der Waals surface area contributed by atoms with Gasteiger partial charge in [0.25, 0.3) is 0 Å². The summed E-state index contributed by atoms with van der Waals surface area (Å²) in [6.07, 6.45) is 7.86. The van der Waals surface area contributed by atoms with Crippen molar-refractivity contribution in [2.75, 3.05) is 0 Å². The third kappa shape index (κ3) is 3.03. The van der Waals surface area contributed by atoms with Gasteiger partial charge in [-0.3, -0.25) is 0 Å². The van der Waals surface area contributed by atoms with Crippen LogP contribution in [-0.4, -0.2) is 21.9 Å².